The maximum absolute atomic E-state index is 12.2. The molecule has 0 saturated carbocycles. The van der Waals surface area contributed by atoms with Gasteiger partial charge in [-0.3, -0.25) is 4.79 Å². The van der Waals surface area contributed by atoms with Gasteiger partial charge in [0.25, 0.3) is 0 Å². The third kappa shape index (κ3) is 6.20. The maximum atomic E-state index is 12.2. The Hall–Kier alpha value is -2.31. The summed E-state index contributed by atoms with van der Waals surface area (Å²) in [4.78, 5) is 12.1. The maximum Gasteiger partial charge on any atom is 0.411 e. The van der Waals surface area contributed by atoms with Gasteiger partial charge in [0.05, 0.1) is 13.7 Å². The molecule has 0 heterocycles. The van der Waals surface area contributed by atoms with Crippen LogP contribution in [0.4, 0.5) is 13.2 Å². The summed E-state index contributed by atoms with van der Waals surface area (Å²) >= 11 is 5.78. The van der Waals surface area contributed by atoms with Gasteiger partial charge in [0, 0.05) is 16.1 Å². The van der Waals surface area contributed by atoms with Gasteiger partial charge in [-0.25, -0.2) is 0 Å². The van der Waals surface area contributed by atoms with E-state index in [2.05, 4.69) is 4.74 Å². The zero-order chi connectivity index (χ0) is 19.2. The van der Waals surface area contributed by atoms with E-state index < -0.39 is 12.8 Å². The lowest BCUT2D eigenvalue weighted by Crippen LogP contribution is -2.16. The first-order valence-corrected chi connectivity index (χ1v) is 7.95. The molecule has 0 radical (unpaired) electrons. The minimum absolute atomic E-state index is 0.215. The summed E-state index contributed by atoms with van der Waals surface area (Å²) in [6.07, 6.45) is -1.44. The molecule has 2 rings (SSSR count). The summed E-state index contributed by atoms with van der Waals surface area (Å²) in [7, 11) is 1.42. The van der Waals surface area contributed by atoms with E-state index in [4.69, 9.17) is 16.3 Å². The number of methoxy groups -OCH3 is 1. The smallest absolute Gasteiger partial charge is 0.411 e. The van der Waals surface area contributed by atoms with E-state index in [1.165, 1.54) is 13.2 Å². The molecule has 0 aliphatic heterocycles. The Labute approximate surface area is 154 Å². The molecule has 26 heavy (non-hydrogen) atoms. The number of carbonyl (C=O) groups excluding carboxylic acids is 1. The van der Waals surface area contributed by atoms with Crippen molar-refractivity contribution in [1.29, 1.82) is 0 Å². The Morgan fingerprint density at radius 1 is 1.15 bits per heavy atom. The molecule has 0 aliphatic rings. The molecule has 0 aliphatic carbocycles. The highest BCUT2D eigenvalue weighted by Crippen LogP contribution is 2.23. The Morgan fingerprint density at radius 2 is 1.85 bits per heavy atom. The predicted octanol–water partition coefficient (Wildman–Crippen LogP) is 5.32. The highest BCUT2D eigenvalue weighted by Gasteiger charge is 2.27. The van der Waals surface area contributed by atoms with Crippen molar-refractivity contribution in [2.45, 2.75) is 12.8 Å². The second-order valence-electron chi connectivity index (χ2n) is 5.38. The largest absolute Gasteiger partial charge is 0.496 e. The van der Waals surface area contributed by atoms with Crippen LogP contribution in [0.15, 0.2) is 48.5 Å². The number of carbonyl (C=O) groups is 1. The van der Waals surface area contributed by atoms with Gasteiger partial charge in [0.15, 0.2) is 5.78 Å². The van der Waals surface area contributed by atoms with Gasteiger partial charge in [-0.1, -0.05) is 23.7 Å². The highest BCUT2D eigenvalue weighted by molar-refractivity contribution is 6.30. The third-order valence-electron chi connectivity index (χ3n) is 3.38. The Bertz CT molecular complexity index is 784. The second kappa shape index (κ2) is 8.87. The van der Waals surface area contributed by atoms with Crippen molar-refractivity contribution in [1.82, 2.24) is 0 Å². The number of ketones is 1. The summed E-state index contributed by atoms with van der Waals surface area (Å²) < 4.78 is 46.4. The van der Waals surface area contributed by atoms with Gasteiger partial charge >= 0.3 is 6.18 Å². The lowest BCUT2D eigenvalue weighted by atomic mass is 10.1. The first-order valence-electron chi connectivity index (χ1n) is 7.58. The van der Waals surface area contributed by atoms with Crippen molar-refractivity contribution in [2.75, 3.05) is 13.7 Å². The summed E-state index contributed by atoms with van der Waals surface area (Å²) in [6, 6.07) is 11.4. The van der Waals surface area contributed by atoms with E-state index in [1.807, 2.05) is 0 Å². The quantitative estimate of drug-likeness (QED) is 0.478. The van der Waals surface area contributed by atoms with Crippen molar-refractivity contribution < 1.29 is 27.4 Å². The van der Waals surface area contributed by atoms with Gasteiger partial charge in [-0.2, -0.15) is 13.2 Å². The predicted molar refractivity (Wildman–Crippen MR) is 93.5 cm³/mol. The molecule has 7 heteroatoms. The summed E-state index contributed by atoms with van der Waals surface area (Å²) in [6.45, 7) is -1.60. The van der Waals surface area contributed by atoms with Crippen molar-refractivity contribution in [2.24, 2.45) is 0 Å². The fraction of sp³-hybridized carbons (Fsp3) is 0.211. The van der Waals surface area contributed by atoms with E-state index >= 15 is 0 Å². The number of hydrogen-bond acceptors (Lipinski definition) is 3. The number of ether oxygens (including phenoxy) is 2. The monoisotopic (exact) mass is 384 g/mol. The van der Waals surface area contributed by atoms with Crippen LogP contribution >= 0.6 is 11.6 Å². The topological polar surface area (TPSA) is 35.5 Å². The summed E-state index contributed by atoms with van der Waals surface area (Å²) in [5.41, 5.74) is 1.57. The standard InChI is InChI=1S/C19H16ClF3O3/c1-25-18-9-3-13(10-15(18)11-26-12-19(21,22)23)2-8-17(24)14-4-6-16(20)7-5-14/h2-10H,11-12H2,1H3/b8-2+. The number of rotatable bonds is 7. The molecule has 3 nitrogen and oxygen atoms in total. The van der Waals surface area contributed by atoms with Crippen LogP contribution in [0.25, 0.3) is 6.08 Å². The molecule has 2 aromatic rings. The van der Waals surface area contributed by atoms with Crippen molar-refractivity contribution in [3.05, 3.63) is 70.3 Å². The molecular weight excluding hydrogens is 369 g/mol. The second-order valence-corrected chi connectivity index (χ2v) is 5.82. The summed E-state index contributed by atoms with van der Waals surface area (Å²) in [5.74, 6) is 0.195. The molecule has 0 atom stereocenters. The van der Waals surface area contributed by atoms with Crippen LogP contribution in [-0.4, -0.2) is 25.7 Å². The number of halogens is 4. The average molecular weight is 385 g/mol. The van der Waals surface area contributed by atoms with Gasteiger partial charge < -0.3 is 9.47 Å². The van der Waals surface area contributed by atoms with Gasteiger partial charge in [-0.05, 0) is 48.0 Å². The molecule has 138 valence electrons. The first kappa shape index (κ1) is 20.0. The van der Waals surface area contributed by atoms with Crippen LogP contribution in [0, 0.1) is 0 Å². The van der Waals surface area contributed by atoms with E-state index in [-0.39, 0.29) is 12.4 Å². The number of allylic oxidation sites excluding steroid dienone is 1. The van der Waals surface area contributed by atoms with Crippen LogP contribution in [0.1, 0.15) is 21.5 Å². The molecule has 0 aromatic heterocycles. The third-order valence-corrected chi connectivity index (χ3v) is 3.64. The minimum Gasteiger partial charge on any atom is -0.496 e. The lowest BCUT2D eigenvalue weighted by molar-refractivity contribution is -0.176. The summed E-state index contributed by atoms with van der Waals surface area (Å²) in [5, 5.41) is 0.532. The van der Waals surface area contributed by atoms with Crippen molar-refractivity contribution in [3.63, 3.8) is 0 Å². The van der Waals surface area contributed by atoms with Crippen LogP contribution < -0.4 is 4.74 Å². The Balaban J connectivity index is 2.10. The van der Waals surface area contributed by atoms with Crippen LogP contribution in [0.2, 0.25) is 5.02 Å². The molecule has 0 spiro atoms. The SMILES string of the molecule is COc1ccc(/C=C/C(=O)c2ccc(Cl)cc2)cc1COCC(F)(F)F. The molecule has 0 bridgehead atoms. The fourth-order valence-corrected chi connectivity index (χ4v) is 2.30. The van der Waals surface area contributed by atoms with Crippen molar-refractivity contribution in [3.8, 4) is 5.75 Å². The molecule has 0 fully saturated rings. The average Bonchev–Trinajstić information content (AvgIpc) is 2.59. The van der Waals surface area contributed by atoms with Gasteiger partial charge in [0.2, 0.25) is 0 Å². The molecule has 2 aromatic carbocycles. The van der Waals surface area contributed by atoms with Gasteiger partial charge in [0.1, 0.15) is 12.4 Å². The number of hydrogen-bond donors (Lipinski definition) is 0. The molecular formula is C19H16ClF3O3. The number of benzene rings is 2. The zero-order valence-corrected chi connectivity index (χ0v) is 14.6. The lowest BCUT2D eigenvalue weighted by Gasteiger charge is -2.11. The van der Waals surface area contributed by atoms with E-state index in [1.54, 1.807) is 48.5 Å². The van der Waals surface area contributed by atoms with E-state index in [9.17, 15) is 18.0 Å². The van der Waals surface area contributed by atoms with Gasteiger partial charge in [-0.15, -0.1) is 0 Å². The normalized spacial score (nSPS) is 11.7. The first-order chi connectivity index (χ1) is 12.3. The Kier molecular flexibility index (Phi) is 6.83. The molecule has 0 amide bonds. The van der Waals surface area contributed by atoms with E-state index in [0.717, 1.165) is 0 Å². The highest BCUT2D eigenvalue weighted by atomic mass is 35.5. The van der Waals surface area contributed by atoms with Crippen LogP contribution in [0.3, 0.4) is 0 Å². The molecule has 0 N–H and O–H groups in total. The fourth-order valence-electron chi connectivity index (χ4n) is 2.17. The van der Waals surface area contributed by atoms with Crippen LogP contribution in [-0.2, 0) is 11.3 Å². The zero-order valence-electron chi connectivity index (χ0n) is 13.8. The molecule has 0 unspecified atom stereocenters. The van der Waals surface area contributed by atoms with E-state index in [0.29, 0.717) is 27.5 Å². The van der Waals surface area contributed by atoms with Crippen LogP contribution in [0.5, 0.6) is 5.75 Å². The molecule has 0 saturated heterocycles. The van der Waals surface area contributed by atoms with Crippen molar-refractivity contribution >= 4 is 23.5 Å². The minimum atomic E-state index is -4.39. The Morgan fingerprint density at radius 3 is 2.46 bits per heavy atom. The number of alkyl halides is 3.